The molecule has 0 aliphatic rings. The molecule has 4 aromatic carbocycles. The molecule has 1 heterocycles. The van der Waals surface area contributed by atoms with Gasteiger partial charge in [0.15, 0.2) is 0 Å². The van der Waals surface area contributed by atoms with Gasteiger partial charge in [-0.15, -0.1) is 0 Å². The predicted octanol–water partition coefficient (Wildman–Crippen LogP) is 6.43. The second kappa shape index (κ2) is 6.33. The maximum Gasteiger partial charge on any atom is 0.0922 e. The number of hydrogen-bond donors (Lipinski definition) is 0. The molecule has 128 valence electrons. The lowest BCUT2D eigenvalue weighted by molar-refractivity contribution is 1.19. The Morgan fingerprint density at radius 3 is 2.00 bits per heavy atom. The molecule has 0 bridgehead atoms. The van der Waals surface area contributed by atoms with E-state index in [1.807, 2.05) is 31.2 Å². The van der Waals surface area contributed by atoms with Gasteiger partial charge in [0, 0.05) is 5.56 Å². The van der Waals surface area contributed by atoms with Crippen LogP contribution in [0, 0.1) is 6.92 Å². The second-order valence-electron chi connectivity index (χ2n) is 6.75. The van der Waals surface area contributed by atoms with Gasteiger partial charge < -0.3 is 0 Å². The van der Waals surface area contributed by atoms with E-state index in [9.17, 15) is 0 Å². The van der Waals surface area contributed by atoms with E-state index in [2.05, 4.69) is 66.7 Å². The first kappa shape index (κ1) is 15.7. The number of rotatable bonds is 2. The summed E-state index contributed by atoms with van der Waals surface area (Å²) in [4.78, 5) is 9.55. The van der Waals surface area contributed by atoms with Crippen molar-refractivity contribution >= 4 is 21.8 Å². The molecule has 1 aromatic heterocycles. The largest absolute Gasteiger partial charge is 0.249 e. The fraction of sp³-hybridized carbons (Fsp3) is 0.0400. The number of nitrogens with zero attached hydrogens (tertiary/aromatic N) is 2. The number of benzene rings is 4. The molecule has 0 fully saturated rings. The van der Waals surface area contributed by atoms with Crippen molar-refractivity contribution in [2.24, 2.45) is 0 Å². The maximum atomic E-state index is 4.83. The summed E-state index contributed by atoms with van der Waals surface area (Å²) in [5.74, 6) is 0. The van der Waals surface area contributed by atoms with Crippen molar-refractivity contribution in [3.8, 4) is 22.4 Å². The van der Waals surface area contributed by atoms with Crippen molar-refractivity contribution in [3.63, 3.8) is 0 Å². The molecule has 0 aliphatic carbocycles. The second-order valence-corrected chi connectivity index (χ2v) is 6.75. The highest BCUT2D eigenvalue weighted by Crippen LogP contribution is 2.31. The Bertz CT molecular complexity index is 1270. The molecule has 2 heteroatoms. The molecule has 0 radical (unpaired) electrons. The van der Waals surface area contributed by atoms with E-state index in [4.69, 9.17) is 9.97 Å². The molecule has 5 aromatic rings. The van der Waals surface area contributed by atoms with Gasteiger partial charge in [-0.1, -0.05) is 78.9 Å². The number of aromatic nitrogens is 2. The highest BCUT2D eigenvalue weighted by Gasteiger charge is 2.09. The summed E-state index contributed by atoms with van der Waals surface area (Å²) in [6.07, 6.45) is 0. The average molecular weight is 346 g/mol. The topological polar surface area (TPSA) is 25.8 Å². The van der Waals surface area contributed by atoms with Crippen LogP contribution in [0.25, 0.3) is 44.2 Å². The van der Waals surface area contributed by atoms with Crippen LogP contribution in [-0.4, -0.2) is 9.97 Å². The number of para-hydroxylation sites is 2. The first-order valence-electron chi connectivity index (χ1n) is 9.11. The van der Waals surface area contributed by atoms with Crippen molar-refractivity contribution in [2.45, 2.75) is 6.92 Å². The molecule has 0 spiro atoms. The van der Waals surface area contributed by atoms with Gasteiger partial charge in [-0.3, -0.25) is 0 Å². The summed E-state index contributed by atoms with van der Waals surface area (Å²) < 4.78 is 0. The Kier molecular flexibility index (Phi) is 3.68. The van der Waals surface area contributed by atoms with E-state index in [0.717, 1.165) is 28.0 Å². The van der Waals surface area contributed by atoms with Crippen LogP contribution in [0.15, 0.2) is 91.0 Å². The minimum atomic E-state index is 0.927. The third kappa shape index (κ3) is 2.76. The quantitative estimate of drug-likeness (QED) is 0.368. The molecule has 0 saturated heterocycles. The zero-order chi connectivity index (χ0) is 18.2. The van der Waals surface area contributed by atoms with Crippen molar-refractivity contribution in [2.75, 3.05) is 0 Å². The first-order valence-corrected chi connectivity index (χ1v) is 9.11. The van der Waals surface area contributed by atoms with Crippen LogP contribution < -0.4 is 0 Å². The summed E-state index contributed by atoms with van der Waals surface area (Å²) in [7, 11) is 0. The summed E-state index contributed by atoms with van der Waals surface area (Å²) in [6.45, 7) is 2.02. The third-order valence-electron chi connectivity index (χ3n) is 5.00. The van der Waals surface area contributed by atoms with Gasteiger partial charge in [0.25, 0.3) is 0 Å². The van der Waals surface area contributed by atoms with Crippen molar-refractivity contribution in [1.82, 2.24) is 9.97 Å². The number of hydrogen-bond acceptors (Lipinski definition) is 2. The Balaban J connectivity index is 1.60. The molecule has 0 aliphatic heterocycles. The lowest BCUT2D eigenvalue weighted by Gasteiger charge is -2.10. The first-order chi connectivity index (χ1) is 13.3. The van der Waals surface area contributed by atoms with Crippen LogP contribution in [0.1, 0.15) is 5.69 Å². The van der Waals surface area contributed by atoms with E-state index in [-0.39, 0.29) is 0 Å². The zero-order valence-corrected chi connectivity index (χ0v) is 15.1. The number of aryl methyl sites for hydroxylation is 1. The SMILES string of the molecule is Cc1nc2ccccc2nc1-c1ccc(-c2cccc3ccccc23)cc1. The Hall–Kier alpha value is -3.52. The van der Waals surface area contributed by atoms with Gasteiger partial charge in [-0.2, -0.15) is 0 Å². The van der Waals surface area contributed by atoms with Crippen LogP contribution in [0.3, 0.4) is 0 Å². The van der Waals surface area contributed by atoms with Gasteiger partial charge in [-0.05, 0) is 41.0 Å². The Morgan fingerprint density at radius 1 is 0.556 bits per heavy atom. The minimum Gasteiger partial charge on any atom is -0.249 e. The van der Waals surface area contributed by atoms with Crippen molar-refractivity contribution in [1.29, 1.82) is 0 Å². The molecule has 27 heavy (non-hydrogen) atoms. The van der Waals surface area contributed by atoms with Gasteiger partial charge in [0.1, 0.15) is 0 Å². The van der Waals surface area contributed by atoms with Gasteiger partial charge in [0.2, 0.25) is 0 Å². The van der Waals surface area contributed by atoms with Crippen LogP contribution in [-0.2, 0) is 0 Å². The normalized spacial score (nSPS) is 11.1. The highest BCUT2D eigenvalue weighted by atomic mass is 14.8. The van der Waals surface area contributed by atoms with Crippen LogP contribution in [0.5, 0.6) is 0 Å². The van der Waals surface area contributed by atoms with Crippen molar-refractivity contribution in [3.05, 3.63) is 96.7 Å². The van der Waals surface area contributed by atoms with E-state index in [0.29, 0.717) is 0 Å². The molecular weight excluding hydrogens is 328 g/mol. The fourth-order valence-corrected chi connectivity index (χ4v) is 3.65. The molecular formula is C25H18N2. The maximum absolute atomic E-state index is 4.83. The molecule has 0 saturated carbocycles. The lowest BCUT2D eigenvalue weighted by Crippen LogP contribution is -1.94. The van der Waals surface area contributed by atoms with Crippen LogP contribution in [0.4, 0.5) is 0 Å². The van der Waals surface area contributed by atoms with Gasteiger partial charge >= 0.3 is 0 Å². The Labute approximate surface area is 158 Å². The van der Waals surface area contributed by atoms with E-state index in [1.54, 1.807) is 0 Å². The summed E-state index contributed by atoms with van der Waals surface area (Å²) in [6, 6.07) is 31.6. The van der Waals surface area contributed by atoms with Gasteiger partial charge in [-0.25, -0.2) is 9.97 Å². The van der Waals surface area contributed by atoms with Gasteiger partial charge in [0.05, 0.1) is 22.4 Å². The lowest BCUT2D eigenvalue weighted by atomic mass is 9.97. The zero-order valence-electron chi connectivity index (χ0n) is 15.1. The van der Waals surface area contributed by atoms with E-state index in [1.165, 1.54) is 21.9 Å². The van der Waals surface area contributed by atoms with E-state index >= 15 is 0 Å². The van der Waals surface area contributed by atoms with E-state index < -0.39 is 0 Å². The highest BCUT2D eigenvalue weighted by molar-refractivity contribution is 5.96. The van der Waals surface area contributed by atoms with Crippen molar-refractivity contribution < 1.29 is 0 Å². The summed E-state index contributed by atoms with van der Waals surface area (Å²) >= 11 is 0. The predicted molar refractivity (Wildman–Crippen MR) is 113 cm³/mol. The molecule has 0 atom stereocenters. The standard InChI is InChI=1S/C25H18N2/c1-17-25(27-24-12-5-4-11-23(24)26-17)20-15-13-19(14-16-20)22-10-6-8-18-7-2-3-9-21(18)22/h2-16H,1H3. The third-order valence-corrected chi connectivity index (χ3v) is 5.00. The molecule has 0 amide bonds. The number of fused-ring (bicyclic) bond motifs is 2. The smallest absolute Gasteiger partial charge is 0.0922 e. The molecule has 5 rings (SSSR count). The molecule has 0 N–H and O–H groups in total. The average Bonchev–Trinajstić information content (AvgIpc) is 2.73. The fourth-order valence-electron chi connectivity index (χ4n) is 3.65. The van der Waals surface area contributed by atoms with Crippen LogP contribution in [0.2, 0.25) is 0 Å². The summed E-state index contributed by atoms with van der Waals surface area (Å²) in [5.41, 5.74) is 7.31. The minimum absolute atomic E-state index is 0.927. The Morgan fingerprint density at radius 2 is 1.19 bits per heavy atom. The monoisotopic (exact) mass is 346 g/mol. The molecule has 0 unspecified atom stereocenters. The summed E-state index contributed by atoms with van der Waals surface area (Å²) in [5, 5.41) is 2.53. The molecule has 2 nitrogen and oxygen atoms in total. The van der Waals surface area contributed by atoms with Crippen LogP contribution >= 0.6 is 0 Å².